The van der Waals surface area contributed by atoms with E-state index in [0.717, 1.165) is 19.2 Å². The third-order valence-electron chi connectivity index (χ3n) is 6.41. The number of hydrogen-bond acceptors (Lipinski definition) is 8. The molecule has 0 atom stereocenters. The number of nitrogens with zero attached hydrogens (tertiary/aromatic N) is 4. The summed E-state index contributed by atoms with van der Waals surface area (Å²) in [7, 11) is 3.53. The van der Waals surface area contributed by atoms with E-state index in [1.165, 1.54) is 43.7 Å². The number of rotatable bonds is 11. The van der Waals surface area contributed by atoms with Gasteiger partial charge in [0.1, 0.15) is 18.1 Å². The van der Waals surface area contributed by atoms with E-state index in [0.29, 0.717) is 36.8 Å². The molecular formula is C31H36F3N7O3. The molecule has 1 aromatic carbocycles. The Hall–Kier alpha value is -4.51. The zero-order valence-corrected chi connectivity index (χ0v) is 24.9. The van der Waals surface area contributed by atoms with E-state index in [2.05, 4.69) is 43.6 Å². The number of halogens is 3. The minimum atomic E-state index is -4.56. The van der Waals surface area contributed by atoms with Crippen LogP contribution in [0.15, 0.2) is 59.4 Å². The molecule has 13 heteroatoms. The largest absolute Gasteiger partial charge is 0.476 e. The molecule has 1 saturated heterocycles. The average Bonchev–Trinajstić information content (AvgIpc) is 3.44. The van der Waals surface area contributed by atoms with E-state index in [-0.39, 0.29) is 35.9 Å². The third kappa shape index (κ3) is 11.3. The first-order valence-electron chi connectivity index (χ1n) is 13.7. The molecule has 1 aromatic heterocycles. The number of aromatic nitrogens is 2. The molecule has 44 heavy (non-hydrogen) atoms. The third-order valence-corrected chi connectivity index (χ3v) is 6.41. The quantitative estimate of drug-likeness (QED) is 0.114. The SMILES string of the molecule is C=C(C#Cc1cnc(/C=C\C(=N)OCCOC)[nH]1)C=N/C=C(\C)C(=O)Nc1ccc(CN2CCN(C)CC2)c(C(F)(F)F)c1. The Morgan fingerprint density at radius 1 is 1.27 bits per heavy atom. The zero-order chi connectivity index (χ0) is 32.1. The first-order valence-corrected chi connectivity index (χ1v) is 13.7. The lowest BCUT2D eigenvalue weighted by atomic mass is 10.0. The number of nitrogens with one attached hydrogen (secondary N) is 3. The molecular weight excluding hydrogens is 575 g/mol. The van der Waals surface area contributed by atoms with Gasteiger partial charge >= 0.3 is 6.18 Å². The van der Waals surface area contributed by atoms with Crippen LogP contribution in [-0.4, -0.2) is 91.3 Å². The molecule has 0 saturated carbocycles. The molecule has 0 unspecified atom stereocenters. The zero-order valence-electron chi connectivity index (χ0n) is 24.9. The monoisotopic (exact) mass is 611 g/mol. The standard InChI is InChI=1S/C31H36F3N7O3/c1-22(5-7-26-20-37-29(38-26)10-9-28(35)44-16-15-43-4)18-36-19-23(2)30(42)39-25-8-6-24(27(17-25)31(32,33)34)21-41-13-11-40(3)12-14-41/h6,8-10,17-20,35H,1,11-16,21H2,2-4H3,(H,37,38)(H,39,42)/b10-9-,23-19+,35-28?,36-18?. The summed E-state index contributed by atoms with van der Waals surface area (Å²) >= 11 is 0. The van der Waals surface area contributed by atoms with Gasteiger partial charge in [-0.3, -0.25) is 20.1 Å². The Labute approximate surface area is 254 Å². The number of carbonyl (C=O) groups is 1. The second-order valence-electron chi connectivity index (χ2n) is 9.99. The molecule has 3 rings (SSSR count). The first kappa shape index (κ1) is 34.0. The van der Waals surface area contributed by atoms with Gasteiger partial charge in [-0.05, 0) is 43.7 Å². The van der Waals surface area contributed by atoms with Gasteiger partial charge < -0.3 is 24.7 Å². The van der Waals surface area contributed by atoms with Crippen molar-refractivity contribution in [3.63, 3.8) is 0 Å². The van der Waals surface area contributed by atoms with Gasteiger partial charge in [-0.1, -0.05) is 18.6 Å². The maximum absolute atomic E-state index is 13.9. The van der Waals surface area contributed by atoms with Gasteiger partial charge in [-0.25, -0.2) is 4.98 Å². The molecule has 0 aliphatic carbocycles. The van der Waals surface area contributed by atoms with Crippen molar-refractivity contribution in [1.29, 1.82) is 5.41 Å². The fraction of sp³-hybridized carbons (Fsp3) is 0.355. The highest BCUT2D eigenvalue weighted by molar-refractivity contribution is 6.03. The lowest BCUT2D eigenvalue weighted by Gasteiger charge is -2.33. The maximum atomic E-state index is 13.9. The summed E-state index contributed by atoms with van der Waals surface area (Å²) in [5.41, 5.74) is 0.475. The molecule has 10 nitrogen and oxygen atoms in total. The number of aliphatic imine (C=N–C) groups is 1. The van der Waals surface area contributed by atoms with Gasteiger partial charge in [0.05, 0.1) is 18.4 Å². The summed E-state index contributed by atoms with van der Waals surface area (Å²) in [5, 5.41) is 10.2. The van der Waals surface area contributed by atoms with Gasteiger partial charge in [0.25, 0.3) is 5.91 Å². The summed E-state index contributed by atoms with van der Waals surface area (Å²) in [6.07, 6.45) is 2.61. The molecule has 0 bridgehead atoms. The topological polar surface area (TPSA) is 119 Å². The van der Waals surface area contributed by atoms with Crippen LogP contribution in [-0.2, 0) is 27.0 Å². The van der Waals surface area contributed by atoms with Crippen LogP contribution < -0.4 is 5.32 Å². The van der Waals surface area contributed by atoms with Gasteiger partial charge in [0.15, 0.2) is 0 Å². The summed E-state index contributed by atoms with van der Waals surface area (Å²) in [6, 6.07) is 3.86. The Kier molecular flexibility index (Phi) is 12.6. The van der Waals surface area contributed by atoms with Crippen molar-refractivity contribution in [2.45, 2.75) is 19.6 Å². The second kappa shape index (κ2) is 16.4. The smallest absolute Gasteiger partial charge is 0.416 e. The molecule has 0 radical (unpaired) electrons. The number of piperazine rings is 1. The predicted octanol–water partition coefficient (Wildman–Crippen LogP) is 4.35. The van der Waals surface area contributed by atoms with Crippen molar-refractivity contribution in [2.75, 3.05) is 58.9 Å². The van der Waals surface area contributed by atoms with E-state index < -0.39 is 17.6 Å². The summed E-state index contributed by atoms with van der Waals surface area (Å²) in [5.74, 6) is 5.50. The minimum absolute atomic E-state index is 0.0339. The van der Waals surface area contributed by atoms with Crippen LogP contribution in [0.3, 0.4) is 0 Å². The minimum Gasteiger partial charge on any atom is -0.476 e. The van der Waals surface area contributed by atoms with Crippen LogP contribution >= 0.6 is 0 Å². The Morgan fingerprint density at radius 3 is 2.73 bits per heavy atom. The number of anilines is 1. The van der Waals surface area contributed by atoms with Crippen molar-refractivity contribution < 1.29 is 27.4 Å². The lowest BCUT2D eigenvalue weighted by Crippen LogP contribution is -2.44. The molecule has 1 amide bonds. The number of alkyl halides is 3. The number of H-pyrrole nitrogens is 1. The Morgan fingerprint density at radius 2 is 2.02 bits per heavy atom. The molecule has 1 fully saturated rings. The highest BCUT2D eigenvalue weighted by Crippen LogP contribution is 2.34. The van der Waals surface area contributed by atoms with E-state index >= 15 is 0 Å². The Balaban J connectivity index is 1.55. The van der Waals surface area contributed by atoms with Crippen LogP contribution in [0.25, 0.3) is 6.08 Å². The molecule has 2 aromatic rings. The normalized spacial score (nSPS) is 14.9. The van der Waals surface area contributed by atoms with Crippen molar-refractivity contribution >= 4 is 29.8 Å². The van der Waals surface area contributed by atoms with Gasteiger partial charge in [0.2, 0.25) is 5.90 Å². The van der Waals surface area contributed by atoms with Crippen LogP contribution in [0.1, 0.15) is 29.6 Å². The number of carbonyl (C=O) groups excluding carboxylic acids is 1. The number of likely N-dealkylation sites (N-methyl/N-ethyl adjacent to an activating group) is 1. The lowest BCUT2D eigenvalue weighted by molar-refractivity contribution is -0.138. The summed E-state index contributed by atoms with van der Waals surface area (Å²) in [6.45, 7) is 9.11. The van der Waals surface area contributed by atoms with Crippen LogP contribution in [0.2, 0.25) is 0 Å². The van der Waals surface area contributed by atoms with Gasteiger partial charge in [-0.2, -0.15) is 13.2 Å². The molecule has 1 aliphatic heterocycles. The first-order chi connectivity index (χ1) is 20.9. The number of methoxy groups -OCH3 is 1. The summed E-state index contributed by atoms with van der Waals surface area (Å²) in [4.78, 5) is 27.9. The Bertz CT molecular complexity index is 1470. The number of hydrogen-bond donors (Lipinski definition) is 3. The number of benzene rings is 1. The molecule has 1 aliphatic rings. The van der Waals surface area contributed by atoms with Crippen molar-refractivity contribution in [2.24, 2.45) is 4.99 Å². The van der Waals surface area contributed by atoms with E-state index in [1.807, 2.05) is 11.9 Å². The van der Waals surface area contributed by atoms with Gasteiger partial charge in [0, 0.05) is 75.2 Å². The molecule has 0 spiro atoms. The maximum Gasteiger partial charge on any atom is 0.416 e. The van der Waals surface area contributed by atoms with Gasteiger partial charge in [-0.15, -0.1) is 0 Å². The van der Waals surface area contributed by atoms with E-state index in [9.17, 15) is 18.0 Å². The highest BCUT2D eigenvalue weighted by atomic mass is 19.4. The van der Waals surface area contributed by atoms with Crippen LogP contribution in [0.4, 0.5) is 18.9 Å². The predicted molar refractivity (Wildman–Crippen MR) is 164 cm³/mol. The highest BCUT2D eigenvalue weighted by Gasteiger charge is 2.34. The summed E-state index contributed by atoms with van der Waals surface area (Å²) < 4.78 is 51.6. The molecule has 3 N–H and O–H groups in total. The average molecular weight is 612 g/mol. The number of aromatic amines is 1. The van der Waals surface area contributed by atoms with Crippen molar-refractivity contribution in [3.05, 3.63) is 77.0 Å². The molecule has 234 valence electrons. The fourth-order valence-corrected chi connectivity index (χ4v) is 3.93. The second-order valence-corrected chi connectivity index (χ2v) is 9.99. The van der Waals surface area contributed by atoms with Crippen LogP contribution in [0.5, 0.6) is 0 Å². The van der Waals surface area contributed by atoms with Crippen molar-refractivity contribution in [1.82, 2.24) is 19.8 Å². The number of imidazole rings is 1. The number of ether oxygens (including phenoxy) is 2. The number of amides is 1. The van der Waals surface area contributed by atoms with E-state index in [4.69, 9.17) is 14.9 Å². The fourth-order valence-electron chi connectivity index (χ4n) is 3.93. The van der Waals surface area contributed by atoms with Crippen molar-refractivity contribution in [3.8, 4) is 11.8 Å². The number of allylic oxidation sites excluding steroid dienone is 1. The van der Waals surface area contributed by atoms with E-state index in [1.54, 1.807) is 13.2 Å². The molecule has 2 heterocycles. The van der Waals surface area contributed by atoms with Crippen LogP contribution in [0, 0.1) is 17.3 Å².